The molecule has 122 valence electrons. The van der Waals surface area contributed by atoms with Crippen LogP contribution in [0.15, 0.2) is 48.5 Å². The molecule has 0 aliphatic heterocycles. The average Bonchev–Trinajstić information content (AvgIpc) is 2.61. The number of halogens is 1. The molecule has 1 N–H and O–H groups in total. The lowest BCUT2D eigenvalue weighted by Crippen LogP contribution is -2.30. The van der Waals surface area contributed by atoms with Crippen molar-refractivity contribution in [3.63, 3.8) is 0 Å². The highest BCUT2D eigenvalue weighted by Gasteiger charge is 2.12. The smallest absolute Gasteiger partial charge is 0.119 e. The van der Waals surface area contributed by atoms with E-state index in [1.54, 1.807) is 0 Å². The minimum Gasteiger partial charge on any atom is -0.489 e. The lowest BCUT2D eigenvalue weighted by Gasteiger charge is -2.22. The summed E-state index contributed by atoms with van der Waals surface area (Å²) in [5.41, 5.74) is 2.32. The van der Waals surface area contributed by atoms with Crippen LogP contribution in [-0.4, -0.2) is 6.04 Å². The Balaban J connectivity index is 1.48. The van der Waals surface area contributed by atoms with E-state index in [9.17, 15) is 0 Å². The van der Waals surface area contributed by atoms with Crippen LogP contribution in [0.25, 0.3) is 0 Å². The molecule has 0 atom stereocenters. The van der Waals surface area contributed by atoms with Gasteiger partial charge in [-0.05, 0) is 36.6 Å². The molecule has 23 heavy (non-hydrogen) atoms. The average molecular weight is 330 g/mol. The Morgan fingerprint density at radius 3 is 2.43 bits per heavy atom. The zero-order valence-corrected chi connectivity index (χ0v) is 14.2. The summed E-state index contributed by atoms with van der Waals surface area (Å²) in [4.78, 5) is 0. The van der Waals surface area contributed by atoms with Crippen LogP contribution in [0, 0.1) is 0 Å². The molecule has 3 rings (SSSR count). The monoisotopic (exact) mass is 329 g/mol. The van der Waals surface area contributed by atoms with Crippen LogP contribution < -0.4 is 10.1 Å². The maximum Gasteiger partial charge on any atom is 0.119 e. The minimum atomic E-state index is 0.499. The fourth-order valence-corrected chi connectivity index (χ4v) is 3.24. The molecule has 0 radical (unpaired) electrons. The number of benzene rings is 2. The van der Waals surface area contributed by atoms with Gasteiger partial charge < -0.3 is 10.1 Å². The number of ether oxygens (including phenoxy) is 1. The first-order valence-electron chi connectivity index (χ1n) is 8.50. The first kappa shape index (κ1) is 16.4. The molecule has 0 amide bonds. The van der Waals surface area contributed by atoms with Crippen LogP contribution in [-0.2, 0) is 13.2 Å². The van der Waals surface area contributed by atoms with E-state index in [0.29, 0.717) is 12.6 Å². The maximum atomic E-state index is 6.14. The molecule has 1 saturated carbocycles. The molecule has 0 bridgehead atoms. The van der Waals surface area contributed by atoms with E-state index in [1.165, 1.54) is 37.7 Å². The highest BCUT2D eigenvalue weighted by molar-refractivity contribution is 6.31. The zero-order chi connectivity index (χ0) is 15.9. The van der Waals surface area contributed by atoms with E-state index < -0.39 is 0 Å². The van der Waals surface area contributed by atoms with Gasteiger partial charge in [0.1, 0.15) is 12.4 Å². The predicted octanol–water partition coefficient (Wildman–Crippen LogP) is 5.34. The van der Waals surface area contributed by atoms with Gasteiger partial charge in [-0.2, -0.15) is 0 Å². The van der Waals surface area contributed by atoms with Gasteiger partial charge in [0.15, 0.2) is 0 Å². The molecule has 1 aliphatic rings. The van der Waals surface area contributed by atoms with Gasteiger partial charge in [-0.1, -0.05) is 61.2 Å². The van der Waals surface area contributed by atoms with Crippen LogP contribution in [0.3, 0.4) is 0 Å². The molecule has 0 unspecified atom stereocenters. The summed E-state index contributed by atoms with van der Waals surface area (Å²) in [7, 11) is 0. The van der Waals surface area contributed by atoms with E-state index in [4.69, 9.17) is 16.3 Å². The van der Waals surface area contributed by atoms with Gasteiger partial charge >= 0.3 is 0 Å². The molecule has 2 aromatic carbocycles. The third-order valence-corrected chi connectivity index (χ3v) is 4.84. The molecular weight excluding hydrogens is 306 g/mol. The van der Waals surface area contributed by atoms with Crippen molar-refractivity contribution in [2.45, 2.75) is 51.3 Å². The van der Waals surface area contributed by atoms with Crippen molar-refractivity contribution < 1.29 is 4.74 Å². The second-order valence-electron chi connectivity index (χ2n) is 6.24. The topological polar surface area (TPSA) is 21.3 Å². The van der Waals surface area contributed by atoms with Gasteiger partial charge in [0.05, 0.1) is 0 Å². The third kappa shape index (κ3) is 4.98. The minimum absolute atomic E-state index is 0.499. The van der Waals surface area contributed by atoms with Crippen molar-refractivity contribution in [3.05, 3.63) is 64.7 Å². The van der Waals surface area contributed by atoms with Crippen molar-refractivity contribution in [1.29, 1.82) is 0 Å². The van der Waals surface area contributed by atoms with E-state index in [0.717, 1.165) is 22.9 Å². The summed E-state index contributed by atoms with van der Waals surface area (Å²) < 4.78 is 5.82. The van der Waals surface area contributed by atoms with Gasteiger partial charge in [0, 0.05) is 23.2 Å². The largest absolute Gasteiger partial charge is 0.489 e. The molecule has 2 nitrogen and oxygen atoms in total. The van der Waals surface area contributed by atoms with E-state index in [1.807, 2.05) is 36.4 Å². The number of nitrogens with one attached hydrogen (secondary N) is 1. The van der Waals surface area contributed by atoms with Gasteiger partial charge in [-0.15, -0.1) is 0 Å². The van der Waals surface area contributed by atoms with Crippen LogP contribution in [0.1, 0.15) is 43.2 Å². The molecule has 0 aromatic heterocycles. The lowest BCUT2D eigenvalue weighted by molar-refractivity contribution is 0.306. The summed E-state index contributed by atoms with van der Waals surface area (Å²) in [6.07, 6.45) is 6.77. The second-order valence-corrected chi connectivity index (χ2v) is 6.65. The van der Waals surface area contributed by atoms with Crippen molar-refractivity contribution >= 4 is 11.6 Å². The van der Waals surface area contributed by atoms with E-state index >= 15 is 0 Å². The molecule has 2 aromatic rings. The Hall–Kier alpha value is -1.51. The van der Waals surface area contributed by atoms with Crippen molar-refractivity contribution in [3.8, 4) is 5.75 Å². The summed E-state index contributed by atoms with van der Waals surface area (Å²) in [6, 6.07) is 16.8. The summed E-state index contributed by atoms with van der Waals surface area (Å²) in [5, 5.41) is 4.42. The molecule has 0 spiro atoms. The SMILES string of the molecule is Clc1ccccc1COc1ccc(CNC2CCCCC2)cc1. The lowest BCUT2D eigenvalue weighted by atomic mass is 9.95. The maximum absolute atomic E-state index is 6.14. The van der Waals surface area contributed by atoms with Crippen LogP contribution in [0.5, 0.6) is 5.75 Å². The van der Waals surface area contributed by atoms with Crippen LogP contribution in [0.4, 0.5) is 0 Å². The number of hydrogen-bond acceptors (Lipinski definition) is 2. The highest BCUT2D eigenvalue weighted by Crippen LogP contribution is 2.20. The summed E-state index contributed by atoms with van der Waals surface area (Å²) >= 11 is 6.14. The van der Waals surface area contributed by atoms with Crippen molar-refractivity contribution in [2.75, 3.05) is 0 Å². The number of rotatable bonds is 6. The molecule has 3 heteroatoms. The number of hydrogen-bond donors (Lipinski definition) is 1. The Kier molecular flexibility index (Phi) is 5.95. The molecule has 1 aliphatic carbocycles. The summed E-state index contributed by atoms with van der Waals surface area (Å²) in [6.45, 7) is 1.44. The van der Waals surface area contributed by atoms with Gasteiger partial charge in [-0.3, -0.25) is 0 Å². The van der Waals surface area contributed by atoms with E-state index in [-0.39, 0.29) is 0 Å². The fourth-order valence-electron chi connectivity index (χ4n) is 3.05. The quantitative estimate of drug-likeness (QED) is 0.772. The zero-order valence-electron chi connectivity index (χ0n) is 13.4. The first-order chi connectivity index (χ1) is 11.3. The Bertz CT molecular complexity index is 605. The molecule has 0 saturated heterocycles. The highest BCUT2D eigenvalue weighted by atomic mass is 35.5. The first-order valence-corrected chi connectivity index (χ1v) is 8.87. The van der Waals surface area contributed by atoms with Crippen molar-refractivity contribution in [1.82, 2.24) is 5.32 Å². The van der Waals surface area contributed by atoms with Crippen LogP contribution >= 0.6 is 11.6 Å². The predicted molar refractivity (Wildman–Crippen MR) is 95.9 cm³/mol. The normalized spacial score (nSPS) is 15.5. The van der Waals surface area contributed by atoms with Gasteiger partial charge in [0.2, 0.25) is 0 Å². The Morgan fingerprint density at radius 2 is 1.70 bits per heavy atom. The standard InChI is InChI=1S/C20H24ClNO/c21-20-9-5-4-6-17(20)15-23-19-12-10-16(11-13-19)14-22-18-7-2-1-3-8-18/h4-6,9-13,18,22H,1-3,7-8,14-15H2. The summed E-state index contributed by atoms with van der Waals surface area (Å²) in [5.74, 6) is 0.881. The third-order valence-electron chi connectivity index (χ3n) is 4.48. The molecular formula is C20H24ClNO. The Labute approximate surface area is 143 Å². The van der Waals surface area contributed by atoms with Crippen LogP contribution in [0.2, 0.25) is 5.02 Å². The Morgan fingerprint density at radius 1 is 0.957 bits per heavy atom. The van der Waals surface area contributed by atoms with Crippen molar-refractivity contribution in [2.24, 2.45) is 0 Å². The van der Waals surface area contributed by atoms with E-state index in [2.05, 4.69) is 17.4 Å². The fraction of sp³-hybridized carbons (Fsp3) is 0.400. The molecule has 1 fully saturated rings. The van der Waals surface area contributed by atoms with Gasteiger partial charge in [0.25, 0.3) is 0 Å². The molecule has 0 heterocycles. The second kappa shape index (κ2) is 8.37. The van der Waals surface area contributed by atoms with Gasteiger partial charge in [-0.25, -0.2) is 0 Å².